The van der Waals surface area contributed by atoms with Gasteiger partial charge in [0.15, 0.2) is 0 Å². The summed E-state index contributed by atoms with van der Waals surface area (Å²) in [7, 11) is 1.68. The second-order valence-corrected chi connectivity index (χ2v) is 12.4. The van der Waals surface area contributed by atoms with E-state index < -0.39 is 0 Å². The van der Waals surface area contributed by atoms with Gasteiger partial charge in [-0.2, -0.15) is 5.10 Å². The molecular weight excluding hydrogens is 556 g/mol. The molecule has 0 radical (unpaired) electrons. The maximum absolute atomic E-state index is 6.61. The maximum Gasteiger partial charge on any atom is 0.141 e. The molecule has 3 heterocycles. The molecule has 0 amide bonds. The van der Waals surface area contributed by atoms with Crippen molar-refractivity contribution in [2.24, 2.45) is 5.92 Å². The van der Waals surface area contributed by atoms with Gasteiger partial charge in [-0.15, -0.1) is 0 Å². The highest BCUT2D eigenvalue weighted by atomic mass is 16.5. The summed E-state index contributed by atoms with van der Waals surface area (Å²) in [6.07, 6.45) is 7.49. The molecule has 6 nitrogen and oxygen atoms in total. The van der Waals surface area contributed by atoms with E-state index in [1.165, 1.54) is 29.7 Å². The summed E-state index contributed by atoms with van der Waals surface area (Å²) in [5.74, 6) is 4.12. The van der Waals surface area contributed by atoms with E-state index in [4.69, 9.17) is 19.6 Å². The lowest BCUT2D eigenvalue weighted by Gasteiger charge is -2.29. The Hall–Kier alpha value is -4.84. The number of nitrogens with zero attached hydrogens (tertiary/aromatic N) is 4. The van der Waals surface area contributed by atoms with Crippen LogP contribution in [0.25, 0.3) is 33.3 Å². The molecule has 3 aromatic carbocycles. The van der Waals surface area contributed by atoms with E-state index in [0.717, 1.165) is 68.2 Å². The molecule has 0 N–H and O–H groups in total. The zero-order valence-corrected chi connectivity index (χ0v) is 27.0. The van der Waals surface area contributed by atoms with Gasteiger partial charge in [-0.1, -0.05) is 43.7 Å². The Bertz CT molecular complexity index is 2080. The number of aryl methyl sites for hydroxylation is 2. The number of rotatable bonds is 7. The number of ether oxygens (including phenoxy) is 2. The van der Waals surface area contributed by atoms with Crippen molar-refractivity contribution in [3.05, 3.63) is 113 Å². The van der Waals surface area contributed by atoms with Crippen LogP contribution in [0.5, 0.6) is 17.2 Å². The summed E-state index contributed by atoms with van der Waals surface area (Å²) in [4.78, 5) is 4.70. The topological polar surface area (TPSA) is 54.1 Å². The Morgan fingerprint density at radius 3 is 2.49 bits per heavy atom. The molecular formula is C39H40N4O2. The van der Waals surface area contributed by atoms with Gasteiger partial charge >= 0.3 is 0 Å². The summed E-state index contributed by atoms with van der Waals surface area (Å²) >= 11 is 0. The molecule has 0 saturated heterocycles. The summed E-state index contributed by atoms with van der Waals surface area (Å²) < 4.78 is 16.5. The summed E-state index contributed by atoms with van der Waals surface area (Å²) in [6.45, 7) is 11.2. The Morgan fingerprint density at radius 2 is 1.69 bits per heavy atom. The van der Waals surface area contributed by atoms with Crippen molar-refractivity contribution in [1.82, 2.24) is 19.3 Å². The number of hydrogen-bond acceptors (Lipinski definition) is 4. The van der Waals surface area contributed by atoms with Gasteiger partial charge in [-0.25, -0.2) is 9.67 Å². The molecule has 0 saturated carbocycles. The fourth-order valence-electron chi connectivity index (χ4n) is 7.33. The average Bonchev–Trinajstić information content (AvgIpc) is 3.54. The summed E-state index contributed by atoms with van der Waals surface area (Å²) in [5.41, 5.74) is 9.52. The van der Waals surface area contributed by atoms with Gasteiger partial charge in [-0.3, -0.25) is 4.57 Å². The minimum Gasteiger partial charge on any atom is -0.497 e. The van der Waals surface area contributed by atoms with Crippen LogP contribution in [0, 0.1) is 19.8 Å². The maximum atomic E-state index is 6.61. The number of fused-ring (bicyclic) bond motifs is 3. The zero-order chi connectivity index (χ0) is 31.2. The SMILES string of the molecule is CCc1c([C@@H]2C(C)=CCC[C@@H]2C)c(C)nn1-c1cc(C)cc(Oc2ccc3c4ccccc4n(-c4cc(OC)ccn4)c3c2)c1. The lowest BCUT2D eigenvalue weighted by atomic mass is 9.75. The molecule has 6 heteroatoms. The lowest BCUT2D eigenvalue weighted by Crippen LogP contribution is -2.17. The van der Waals surface area contributed by atoms with E-state index in [9.17, 15) is 0 Å². The van der Waals surface area contributed by atoms with Gasteiger partial charge < -0.3 is 9.47 Å². The number of aromatic nitrogens is 4. The van der Waals surface area contributed by atoms with Crippen molar-refractivity contribution in [2.45, 2.75) is 59.8 Å². The normalized spacial score (nSPS) is 16.7. The van der Waals surface area contributed by atoms with Gasteiger partial charge in [0.1, 0.15) is 23.1 Å². The lowest BCUT2D eigenvalue weighted by molar-refractivity contribution is 0.414. The van der Waals surface area contributed by atoms with Crippen LogP contribution < -0.4 is 9.47 Å². The van der Waals surface area contributed by atoms with Crippen LogP contribution in [0.15, 0.2) is 90.6 Å². The molecule has 45 heavy (non-hydrogen) atoms. The quantitative estimate of drug-likeness (QED) is 0.172. The molecule has 1 aliphatic rings. The van der Waals surface area contributed by atoms with Crippen LogP contribution in [0.2, 0.25) is 0 Å². The number of hydrogen-bond donors (Lipinski definition) is 0. The molecule has 7 rings (SSSR count). The van der Waals surface area contributed by atoms with Crippen LogP contribution in [-0.2, 0) is 6.42 Å². The van der Waals surface area contributed by atoms with Crippen molar-refractivity contribution in [3.8, 4) is 28.8 Å². The molecule has 0 aliphatic heterocycles. The van der Waals surface area contributed by atoms with Gasteiger partial charge in [0, 0.05) is 52.3 Å². The second kappa shape index (κ2) is 11.6. The van der Waals surface area contributed by atoms with Crippen molar-refractivity contribution in [3.63, 3.8) is 0 Å². The molecule has 3 aromatic heterocycles. The van der Waals surface area contributed by atoms with Crippen molar-refractivity contribution in [2.75, 3.05) is 7.11 Å². The monoisotopic (exact) mass is 596 g/mol. The zero-order valence-electron chi connectivity index (χ0n) is 27.0. The van der Waals surface area contributed by atoms with Crippen LogP contribution in [-0.4, -0.2) is 26.4 Å². The molecule has 0 spiro atoms. The van der Waals surface area contributed by atoms with E-state index in [1.807, 2.05) is 18.2 Å². The molecule has 0 fully saturated rings. The number of methoxy groups -OCH3 is 1. The van der Waals surface area contributed by atoms with E-state index in [-0.39, 0.29) is 0 Å². The van der Waals surface area contributed by atoms with Gasteiger partial charge in [0.2, 0.25) is 0 Å². The molecule has 0 bridgehead atoms. The Labute approximate surface area is 264 Å². The Kier molecular flexibility index (Phi) is 7.44. The van der Waals surface area contributed by atoms with Gasteiger partial charge in [0.25, 0.3) is 0 Å². The van der Waals surface area contributed by atoms with E-state index in [1.54, 1.807) is 13.3 Å². The third-order valence-corrected chi connectivity index (χ3v) is 9.34. The van der Waals surface area contributed by atoms with E-state index >= 15 is 0 Å². The van der Waals surface area contributed by atoms with Gasteiger partial charge in [0.05, 0.1) is 29.5 Å². The number of para-hydroxylation sites is 1. The minimum absolute atomic E-state index is 0.417. The van der Waals surface area contributed by atoms with Crippen LogP contribution in [0.3, 0.4) is 0 Å². The van der Waals surface area contributed by atoms with Crippen molar-refractivity contribution >= 4 is 21.8 Å². The first-order valence-electron chi connectivity index (χ1n) is 15.9. The van der Waals surface area contributed by atoms with E-state index in [2.05, 4.69) is 105 Å². The number of pyridine rings is 1. The average molecular weight is 597 g/mol. The van der Waals surface area contributed by atoms with Crippen LogP contribution >= 0.6 is 0 Å². The van der Waals surface area contributed by atoms with Crippen LogP contribution in [0.1, 0.15) is 62.0 Å². The molecule has 1 aliphatic carbocycles. The highest BCUT2D eigenvalue weighted by molar-refractivity contribution is 6.09. The fraction of sp³-hybridized carbons (Fsp3) is 0.282. The first-order chi connectivity index (χ1) is 21.9. The standard InChI is InChI=1S/C39H40N4O2/c1-7-34-39(38-25(3)11-10-12-26(38)4)27(5)41-43(34)28-19-24(2)20-31(21-28)45-30-15-16-33-32-13-8-9-14-35(32)42(36(33)22-30)37-23-29(44-6)17-18-40-37/h8-9,11,13-23,26,38H,7,10,12H2,1-6H3/t26-,38+/m0/s1. The minimum atomic E-state index is 0.417. The van der Waals surface area contributed by atoms with E-state index in [0.29, 0.717) is 11.8 Å². The first-order valence-corrected chi connectivity index (χ1v) is 15.9. The molecule has 6 aromatic rings. The predicted octanol–water partition coefficient (Wildman–Crippen LogP) is 9.80. The molecule has 2 atom stereocenters. The van der Waals surface area contributed by atoms with Gasteiger partial charge in [-0.05, 0) is 87.9 Å². The highest BCUT2D eigenvalue weighted by Crippen LogP contribution is 2.42. The highest BCUT2D eigenvalue weighted by Gasteiger charge is 2.30. The smallest absolute Gasteiger partial charge is 0.141 e. The third kappa shape index (κ3) is 5.08. The largest absolute Gasteiger partial charge is 0.497 e. The Morgan fingerprint density at radius 1 is 0.867 bits per heavy atom. The number of benzene rings is 3. The molecule has 0 unspecified atom stereocenters. The number of allylic oxidation sites excluding steroid dienone is 2. The first kappa shape index (κ1) is 28.9. The Balaban J connectivity index is 1.30. The molecule has 228 valence electrons. The summed E-state index contributed by atoms with van der Waals surface area (Å²) in [6, 6.07) is 24.9. The van der Waals surface area contributed by atoms with Crippen molar-refractivity contribution in [1.29, 1.82) is 0 Å². The summed E-state index contributed by atoms with van der Waals surface area (Å²) in [5, 5.41) is 7.43. The predicted molar refractivity (Wildman–Crippen MR) is 183 cm³/mol. The van der Waals surface area contributed by atoms with Crippen molar-refractivity contribution < 1.29 is 9.47 Å². The third-order valence-electron chi connectivity index (χ3n) is 9.34. The van der Waals surface area contributed by atoms with Crippen LogP contribution in [0.4, 0.5) is 0 Å². The fourth-order valence-corrected chi connectivity index (χ4v) is 7.33. The second-order valence-electron chi connectivity index (χ2n) is 12.4.